The molecule has 0 aliphatic heterocycles. The zero-order chi connectivity index (χ0) is 17.0. The summed E-state index contributed by atoms with van der Waals surface area (Å²) in [5.74, 6) is -0.311. The molecule has 2 N–H and O–H groups in total. The normalized spacial score (nSPS) is 12.8. The lowest BCUT2D eigenvalue weighted by atomic mass is 10.2. The van der Waals surface area contributed by atoms with Crippen LogP contribution in [-0.4, -0.2) is 20.4 Å². The monoisotopic (exact) mass is 352 g/mol. The highest BCUT2D eigenvalue weighted by Gasteiger charge is 2.20. The van der Waals surface area contributed by atoms with E-state index in [1.165, 1.54) is 11.4 Å². The molecule has 1 amide bonds. The van der Waals surface area contributed by atoms with E-state index in [0.29, 0.717) is 17.0 Å². The molecular weight excluding hydrogens is 332 g/mol. The summed E-state index contributed by atoms with van der Waals surface area (Å²) in [7, 11) is -3.58. The van der Waals surface area contributed by atoms with E-state index in [-0.39, 0.29) is 16.8 Å². The molecular formula is C16H20N2O3S2. The zero-order valence-electron chi connectivity index (χ0n) is 13.3. The molecule has 1 aromatic carbocycles. The van der Waals surface area contributed by atoms with Gasteiger partial charge in [-0.2, -0.15) is 0 Å². The third kappa shape index (κ3) is 4.40. The predicted molar refractivity (Wildman–Crippen MR) is 93.5 cm³/mol. The molecule has 0 saturated carbocycles. The maximum Gasteiger partial charge on any atom is 0.265 e. The summed E-state index contributed by atoms with van der Waals surface area (Å²) in [5.41, 5.74) is 1.66. The van der Waals surface area contributed by atoms with Crippen LogP contribution in [0.2, 0.25) is 0 Å². The van der Waals surface area contributed by atoms with Gasteiger partial charge >= 0.3 is 0 Å². The van der Waals surface area contributed by atoms with Gasteiger partial charge in [0, 0.05) is 17.1 Å². The van der Waals surface area contributed by atoms with E-state index in [2.05, 4.69) is 10.0 Å². The van der Waals surface area contributed by atoms with Crippen molar-refractivity contribution < 1.29 is 13.2 Å². The summed E-state index contributed by atoms with van der Waals surface area (Å²) in [5, 5.41) is 4.28. The van der Waals surface area contributed by atoms with Crippen LogP contribution in [0.1, 0.15) is 35.5 Å². The molecule has 1 heterocycles. The number of para-hydroxylation sites is 1. The molecule has 7 heteroatoms. The third-order valence-electron chi connectivity index (χ3n) is 3.47. The van der Waals surface area contributed by atoms with Gasteiger partial charge in [-0.15, -0.1) is 11.3 Å². The number of nitrogens with one attached hydrogen (secondary N) is 2. The van der Waals surface area contributed by atoms with Crippen molar-refractivity contribution in [3.63, 3.8) is 0 Å². The van der Waals surface area contributed by atoms with Gasteiger partial charge < -0.3 is 5.32 Å². The smallest absolute Gasteiger partial charge is 0.265 e. The fraction of sp³-hybridized carbons (Fsp3) is 0.312. The molecule has 0 aliphatic carbocycles. The van der Waals surface area contributed by atoms with Gasteiger partial charge in [0.25, 0.3) is 5.91 Å². The second kappa shape index (κ2) is 7.25. The molecule has 23 heavy (non-hydrogen) atoms. The molecule has 1 atom stereocenters. The Labute approximate surface area is 140 Å². The number of benzene rings is 1. The number of aryl methyl sites for hydroxylation is 1. The Morgan fingerprint density at radius 2 is 2.00 bits per heavy atom. The highest BCUT2D eigenvalue weighted by Crippen LogP contribution is 2.22. The molecule has 0 spiro atoms. The van der Waals surface area contributed by atoms with E-state index in [1.54, 1.807) is 6.92 Å². The minimum absolute atomic E-state index is 0.123. The molecule has 0 fully saturated rings. The number of carbonyl (C=O) groups is 1. The van der Waals surface area contributed by atoms with Crippen LogP contribution in [0.4, 0.5) is 5.69 Å². The Balaban J connectivity index is 2.16. The van der Waals surface area contributed by atoms with Crippen molar-refractivity contribution >= 4 is 33.0 Å². The van der Waals surface area contributed by atoms with Gasteiger partial charge in [0.15, 0.2) is 0 Å². The van der Waals surface area contributed by atoms with E-state index in [1.807, 2.05) is 38.1 Å². The molecule has 0 aliphatic rings. The van der Waals surface area contributed by atoms with E-state index in [9.17, 15) is 13.2 Å². The molecule has 1 aromatic heterocycles. The van der Waals surface area contributed by atoms with E-state index in [4.69, 9.17) is 0 Å². The summed E-state index contributed by atoms with van der Waals surface area (Å²) in [6, 6.07) is 8.69. The summed E-state index contributed by atoms with van der Waals surface area (Å²) in [4.78, 5) is 12.8. The number of rotatable bonds is 6. The van der Waals surface area contributed by atoms with Gasteiger partial charge in [0.05, 0.1) is 9.77 Å². The number of anilines is 1. The fourth-order valence-corrected chi connectivity index (χ4v) is 4.39. The topological polar surface area (TPSA) is 75.3 Å². The van der Waals surface area contributed by atoms with Crippen molar-refractivity contribution in [2.75, 3.05) is 5.32 Å². The standard InChI is InChI=1S/C16H20N2O3S2/c1-4-12(3)18-23(20,21)13-9-15(22-10-13)16(19)17-14-8-6-5-7-11(14)2/h5-10,12,18H,4H2,1-3H3,(H,17,19)/t12-/m1/s1. The van der Waals surface area contributed by atoms with Gasteiger partial charge in [0.2, 0.25) is 10.0 Å². The summed E-state index contributed by atoms with van der Waals surface area (Å²) < 4.78 is 27.0. The van der Waals surface area contributed by atoms with Crippen LogP contribution in [-0.2, 0) is 10.0 Å². The quantitative estimate of drug-likeness (QED) is 0.837. The van der Waals surface area contributed by atoms with Gasteiger partial charge in [-0.1, -0.05) is 25.1 Å². The highest BCUT2D eigenvalue weighted by atomic mass is 32.2. The number of hydrogen-bond donors (Lipinski definition) is 2. The van der Waals surface area contributed by atoms with Crippen molar-refractivity contribution in [3.8, 4) is 0 Å². The Hall–Kier alpha value is -1.70. The Morgan fingerprint density at radius 3 is 2.65 bits per heavy atom. The average molecular weight is 352 g/mol. The molecule has 0 unspecified atom stereocenters. The molecule has 124 valence electrons. The minimum Gasteiger partial charge on any atom is -0.321 e. The van der Waals surface area contributed by atoms with Crippen molar-refractivity contribution in [2.24, 2.45) is 0 Å². The molecule has 5 nitrogen and oxygen atoms in total. The Kier molecular flexibility index (Phi) is 5.56. The molecule has 2 rings (SSSR count). The Morgan fingerprint density at radius 1 is 1.30 bits per heavy atom. The second-order valence-electron chi connectivity index (χ2n) is 5.35. The van der Waals surface area contributed by atoms with Crippen LogP contribution in [0.3, 0.4) is 0 Å². The van der Waals surface area contributed by atoms with E-state index >= 15 is 0 Å². The highest BCUT2D eigenvalue weighted by molar-refractivity contribution is 7.89. The number of hydrogen-bond acceptors (Lipinski definition) is 4. The van der Waals surface area contributed by atoms with Crippen molar-refractivity contribution in [3.05, 3.63) is 46.2 Å². The first-order chi connectivity index (χ1) is 10.8. The fourth-order valence-electron chi connectivity index (χ4n) is 1.89. The van der Waals surface area contributed by atoms with Crippen LogP contribution in [0.5, 0.6) is 0 Å². The van der Waals surface area contributed by atoms with Gasteiger partial charge in [-0.25, -0.2) is 13.1 Å². The summed E-state index contributed by atoms with van der Waals surface area (Å²) in [6.07, 6.45) is 0.698. The van der Waals surface area contributed by atoms with Crippen molar-refractivity contribution in [1.29, 1.82) is 0 Å². The second-order valence-corrected chi connectivity index (χ2v) is 7.97. The molecule has 2 aromatic rings. The van der Waals surface area contributed by atoms with Crippen molar-refractivity contribution in [1.82, 2.24) is 4.72 Å². The third-order valence-corrected chi connectivity index (χ3v) is 6.12. The first kappa shape index (κ1) is 17.7. The average Bonchev–Trinajstić information content (AvgIpc) is 3.00. The first-order valence-electron chi connectivity index (χ1n) is 7.31. The summed E-state index contributed by atoms with van der Waals surface area (Å²) in [6.45, 7) is 5.60. The molecule has 0 bridgehead atoms. The zero-order valence-corrected chi connectivity index (χ0v) is 14.9. The van der Waals surface area contributed by atoms with Crippen molar-refractivity contribution in [2.45, 2.75) is 38.1 Å². The van der Waals surface area contributed by atoms with Crippen LogP contribution < -0.4 is 10.0 Å². The van der Waals surface area contributed by atoms with Crippen LogP contribution >= 0.6 is 11.3 Å². The predicted octanol–water partition coefficient (Wildman–Crippen LogP) is 3.39. The van der Waals surface area contributed by atoms with Crippen LogP contribution in [0, 0.1) is 6.92 Å². The van der Waals surface area contributed by atoms with Gasteiger partial charge in [-0.3, -0.25) is 4.79 Å². The van der Waals surface area contributed by atoms with Crippen LogP contribution in [0.15, 0.2) is 40.6 Å². The lowest BCUT2D eigenvalue weighted by molar-refractivity contribution is 0.103. The lowest BCUT2D eigenvalue weighted by Gasteiger charge is -2.10. The maximum atomic E-state index is 12.3. The van der Waals surface area contributed by atoms with Gasteiger partial charge in [-0.05, 0) is 38.0 Å². The number of sulfonamides is 1. The van der Waals surface area contributed by atoms with Crippen LogP contribution in [0.25, 0.3) is 0 Å². The largest absolute Gasteiger partial charge is 0.321 e. The van der Waals surface area contributed by atoms with E-state index in [0.717, 1.165) is 16.9 Å². The molecule has 0 radical (unpaired) electrons. The lowest BCUT2D eigenvalue weighted by Crippen LogP contribution is -2.31. The maximum absolute atomic E-state index is 12.3. The number of thiophene rings is 1. The first-order valence-corrected chi connectivity index (χ1v) is 9.67. The van der Waals surface area contributed by atoms with Gasteiger partial charge in [0.1, 0.15) is 0 Å². The Bertz CT molecular complexity index is 797. The molecule has 0 saturated heterocycles. The minimum atomic E-state index is -3.58. The summed E-state index contributed by atoms with van der Waals surface area (Å²) >= 11 is 1.11. The SMILES string of the molecule is CC[C@@H](C)NS(=O)(=O)c1csc(C(=O)Nc2ccccc2C)c1. The van der Waals surface area contributed by atoms with E-state index < -0.39 is 10.0 Å². The number of amides is 1. The number of carbonyl (C=O) groups excluding carboxylic acids is 1.